The van der Waals surface area contributed by atoms with Crippen molar-refractivity contribution in [1.82, 2.24) is 14.9 Å². The molecule has 1 amide bonds. The van der Waals surface area contributed by atoms with Gasteiger partial charge in [0.25, 0.3) is 5.91 Å². The van der Waals surface area contributed by atoms with Crippen LogP contribution in [0, 0.1) is 0 Å². The molecule has 1 fully saturated rings. The number of aromatic nitrogens is 2. The Hall–Kier alpha value is -2.77. The lowest BCUT2D eigenvalue weighted by molar-refractivity contribution is -0.000468. The Balaban J connectivity index is 1.33. The van der Waals surface area contributed by atoms with Gasteiger partial charge in [-0.2, -0.15) is 0 Å². The van der Waals surface area contributed by atoms with Gasteiger partial charge < -0.3 is 18.8 Å². The standard InChI is InChI=1S/C22H25N3O4/c1-27-12-8-21-24-19-5-4-17(13-20(19)29-21)22(26)25-10-6-18(7-11-25)28-15-16-3-2-9-23-14-16/h2-5,9,13-14,18H,6-8,10-12,15H2,1H3. The first kappa shape index (κ1) is 19.5. The van der Waals surface area contributed by atoms with E-state index in [4.69, 9.17) is 13.9 Å². The number of piperidine rings is 1. The molecule has 0 N–H and O–H groups in total. The van der Waals surface area contributed by atoms with E-state index in [1.807, 2.05) is 35.4 Å². The predicted octanol–water partition coefficient (Wildman–Crippen LogP) is 3.23. The average molecular weight is 395 g/mol. The van der Waals surface area contributed by atoms with Crippen LogP contribution in [0.2, 0.25) is 0 Å². The normalized spacial score (nSPS) is 15.1. The Labute approximate surface area is 169 Å². The van der Waals surface area contributed by atoms with E-state index in [9.17, 15) is 4.79 Å². The summed E-state index contributed by atoms with van der Waals surface area (Å²) in [5.41, 5.74) is 3.09. The van der Waals surface area contributed by atoms with E-state index in [2.05, 4.69) is 9.97 Å². The molecule has 2 aromatic heterocycles. The number of hydrogen-bond donors (Lipinski definition) is 0. The zero-order chi connectivity index (χ0) is 20.1. The number of likely N-dealkylation sites (tertiary alicyclic amines) is 1. The topological polar surface area (TPSA) is 77.7 Å². The van der Waals surface area contributed by atoms with Gasteiger partial charge >= 0.3 is 0 Å². The highest BCUT2D eigenvalue weighted by molar-refractivity contribution is 5.97. The molecule has 1 aliphatic rings. The monoisotopic (exact) mass is 395 g/mol. The highest BCUT2D eigenvalue weighted by atomic mass is 16.5. The number of carbonyl (C=O) groups excluding carboxylic acids is 1. The van der Waals surface area contributed by atoms with Crippen LogP contribution in [-0.2, 0) is 22.5 Å². The van der Waals surface area contributed by atoms with E-state index < -0.39 is 0 Å². The van der Waals surface area contributed by atoms with Crippen molar-refractivity contribution in [2.45, 2.75) is 32.0 Å². The molecule has 3 aromatic rings. The largest absolute Gasteiger partial charge is 0.441 e. The smallest absolute Gasteiger partial charge is 0.253 e. The predicted molar refractivity (Wildman–Crippen MR) is 108 cm³/mol. The number of pyridine rings is 1. The third kappa shape index (κ3) is 4.81. The van der Waals surface area contributed by atoms with Crippen LogP contribution in [0.5, 0.6) is 0 Å². The third-order valence-corrected chi connectivity index (χ3v) is 5.14. The molecule has 4 rings (SSSR count). The molecule has 0 spiro atoms. The molecule has 3 heterocycles. The number of nitrogens with zero attached hydrogens (tertiary/aromatic N) is 3. The first-order valence-electron chi connectivity index (χ1n) is 9.91. The second-order valence-corrected chi connectivity index (χ2v) is 7.20. The number of benzene rings is 1. The number of methoxy groups -OCH3 is 1. The summed E-state index contributed by atoms with van der Waals surface area (Å²) in [6.45, 7) is 2.48. The van der Waals surface area contributed by atoms with Gasteiger partial charge in [-0.1, -0.05) is 6.07 Å². The summed E-state index contributed by atoms with van der Waals surface area (Å²) in [7, 11) is 1.65. The molecule has 7 nitrogen and oxygen atoms in total. The van der Waals surface area contributed by atoms with Crippen molar-refractivity contribution in [2.24, 2.45) is 0 Å². The number of hydrogen-bond acceptors (Lipinski definition) is 6. The van der Waals surface area contributed by atoms with Crippen molar-refractivity contribution in [2.75, 3.05) is 26.8 Å². The fourth-order valence-electron chi connectivity index (χ4n) is 3.51. The number of carbonyl (C=O) groups is 1. The van der Waals surface area contributed by atoms with Crippen molar-refractivity contribution in [1.29, 1.82) is 0 Å². The Morgan fingerprint density at radius 1 is 1.28 bits per heavy atom. The molecule has 152 valence electrons. The number of rotatable bonds is 7. The van der Waals surface area contributed by atoms with Crippen LogP contribution in [0.1, 0.15) is 34.7 Å². The number of oxazole rings is 1. The SMILES string of the molecule is COCCc1nc2ccc(C(=O)N3CCC(OCc4cccnc4)CC3)cc2o1. The Morgan fingerprint density at radius 3 is 2.90 bits per heavy atom. The lowest BCUT2D eigenvalue weighted by Crippen LogP contribution is -2.40. The van der Waals surface area contributed by atoms with Gasteiger partial charge in [0.15, 0.2) is 11.5 Å². The summed E-state index contributed by atoms with van der Waals surface area (Å²) in [4.78, 5) is 23.3. The fourth-order valence-corrected chi connectivity index (χ4v) is 3.51. The van der Waals surface area contributed by atoms with Gasteiger partial charge in [-0.25, -0.2) is 4.98 Å². The lowest BCUT2D eigenvalue weighted by Gasteiger charge is -2.32. The van der Waals surface area contributed by atoms with Crippen LogP contribution in [0.4, 0.5) is 0 Å². The van der Waals surface area contributed by atoms with E-state index in [-0.39, 0.29) is 12.0 Å². The third-order valence-electron chi connectivity index (χ3n) is 5.14. The Morgan fingerprint density at radius 2 is 2.14 bits per heavy atom. The van der Waals surface area contributed by atoms with Gasteiger partial charge in [0.2, 0.25) is 0 Å². The quantitative estimate of drug-likeness (QED) is 0.611. The number of ether oxygens (including phenoxy) is 2. The summed E-state index contributed by atoms with van der Waals surface area (Å²) in [6.07, 6.45) is 6.01. The van der Waals surface area contributed by atoms with Gasteiger partial charge in [0.05, 0.1) is 19.3 Å². The molecule has 0 aliphatic carbocycles. The van der Waals surface area contributed by atoms with Crippen molar-refractivity contribution < 1.29 is 18.7 Å². The minimum atomic E-state index is 0.0208. The van der Waals surface area contributed by atoms with Crippen molar-refractivity contribution in [3.05, 3.63) is 59.7 Å². The first-order valence-corrected chi connectivity index (χ1v) is 9.91. The summed E-state index contributed by atoms with van der Waals surface area (Å²) in [5.74, 6) is 0.644. The minimum absolute atomic E-state index is 0.0208. The molecular formula is C22H25N3O4. The van der Waals surface area contributed by atoms with Crippen LogP contribution in [0.3, 0.4) is 0 Å². The van der Waals surface area contributed by atoms with Gasteiger partial charge in [-0.15, -0.1) is 0 Å². The molecule has 1 aromatic carbocycles. The lowest BCUT2D eigenvalue weighted by atomic mass is 10.1. The molecular weight excluding hydrogens is 370 g/mol. The van der Waals surface area contributed by atoms with Gasteiger partial charge in [-0.3, -0.25) is 9.78 Å². The average Bonchev–Trinajstić information content (AvgIpc) is 3.19. The summed E-state index contributed by atoms with van der Waals surface area (Å²) < 4.78 is 16.8. The van der Waals surface area contributed by atoms with E-state index in [1.165, 1.54) is 0 Å². The van der Waals surface area contributed by atoms with Gasteiger partial charge in [0.1, 0.15) is 5.52 Å². The van der Waals surface area contributed by atoms with Crippen LogP contribution in [0.15, 0.2) is 47.1 Å². The Kier molecular flexibility index (Phi) is 6.17. The first-order chi connectivity index (χ1) is 14.2. The van der Waals surface area contributed by atoms with Crippen molar-refractivity contribution in [3.8, 4) is 0 Å². The van der Waals surface area contributed by atoms with Crippen LogP contribution < -0.4 is 0 Å². The van der Waals surface area contributed by atoms with Crippen LogP contribution in [0.25, 0.3) is 11.1 Å². The number of fused-ring (bicyclic) bond motifs is 1. The summed E-state index contributed by atoms with van der Waals surface area (Å²) in [6, 6.07) is 9.36. The fraction of sp³-hybridized carbons (Fsp3) is 0.409. The maximum Gasteiger partial charge on any atom is 0.253 e. The minimum Gasteiger partial charge on any atom is -0.441 e. The van der Waals surface area contributed by atoms with Gasteiger partial charge in [-0.05, 0) is 42.7 Å². The van der Waals surface area contributed by atoms with E-state index in [0.29, 0.717) is 49.8 Å². The van der Waals surface area contributed by atoms with E-state index in [1.54, 1.807) is 19.4 Å². The van der Waals surface area contributed by atoms with Crippen LogP contribution >= 0.6 is 0 Å². The maximum atomic E-state index is 12.9. The highest BCUT2D eigenvalue weighted by Crippen LogP contribution is 2.21. The molecule has 29 heavy (non-hydrogen) atoms. The summed E-state index contributed by atoms with van der Waals surface area (Å²) in [5, 5.41) is 0. The zero-order valence-corrected chi connectivity index (χ0v) is 16.5. The molecule has 7 heteroatoms. The molecule has 0 bridgehead atoms. The van der Waals surface area contributed by atoms with Crippen molar-refractivity contribution in [3.63, 3.8) is 0 Å². The second kappa shape index (κ2) is 9.15. The molecule has 0 unspecified atom stereocenters. The molecule has 0 saturated carbocycles. The van der Waals surface area contributed by atoms with Gasteiger partial charge in [0, 0.05) is 44.6 Å². The van der Waals surface area contributed by atoms with Crippen LogP contribution in [-0.4, -0.2) is 53.7 Å². The number of amides is 1. The summed E-state index contributed by atoms with van der Waals surface area (Å²) >= 11 is 0. The molecule has 1 aliphatic heterocycles. The van der Waals surface area contributed by atoms with E-state index in [0.717, 1.165) is 23.9 Å². The molecule has 1 saturated heterocycles. The zero-order valence-electron chi connectivity index (χ0n) is 16.5. The molecule has 0 radical (unpaired) electrons. The highest BCUT2D eigenvalue weighted by Gasteiger charge is 2.24. The Bertz CT molecular complexity index is 949. The van der Waals surface area contributed by atoms with Crippen molar-refractivity contribution >= 4 is 17.0 Å². The second-order valence-electron chi connectivity index (χ2n) is 7.20. The van der Waals surface area contributed by atoms with E-state index >= 15 is 0 Å². The molecule has 0 atom stereocenters. The maximum absolute atomic E-state index is 12.9.